The average Bonchev–Trinajstić information content (AvgIpc) is 3.01. The van der Waals surface area contributed by atoms with Crippen LogP contribution < -0.4 is 5.32 Å². The molecular weight excluding hydrogens is 274 g/mol. The highest BCUT2D eigenvalue weighted by Gasteiger charge is 2.32. The third-order valence-electron chi connectivity index (χ3n) is 5.77. The molecule has 3 rings (SSSR count). The molecule has 0 aromatic carbocycles. The van der Waals surface area contributed by atoms with Crippen LogP contribution in [0.4, 0.5) is 0 Å². The van der Waals surface area contributed by atoms with Gasteiger partial charge in [-0.3, -0.25) is 4.79 Å². The maximum Gasteiger partial charge on any atom is 0.223 e. The number of carbonyl (C=O) groups is 1. The SMILES string of the molecule is CC(C)(CNC(=O)[C@@H]1CCn2cncc2C1)C1CCCCC1. The molecule has 1 saturated carbocycles. The van der Waals surface area contributed by atoms with Crippen molar-refractivity contribution in [2.45, 2.75) is 65.3 Å². The first-order valence-corrected chi connectivity index (χ1v) is 8.83. The maximum atomic E-state index is 12.5. The second kappa shape index (κ2) is 6.43. The van der Waals surface area contributed by atoms with Crippen LogP contribution in [-0.4, -0.2) is 22.0 Å². The second-order valence-electron chi connectivity index (χ2n) is 7.81. The Bertz CT molecular complexity index is 514. The van der Waals surface area contributed by atoms with E-state index < -0.39 is 0 Å². The highest BCUT2D eigenvalue weighted by atomic mass is 16.1. The molecule has 0 unspecified atom stereocenters. The summed E-state index contributed by atoms with van der Waals surface area (Å²) in [6.45, 7) is 6.37. The molecule has 22 heavy (non-hydrogen) atoms. The molecule has 1 N–H and O–H groups in total. The Hall–Kier alpha value is -1.32. The number of aryl methyl sites for hydroxylation is 1. The summed E-state index contributed by atoms with van der Waals surface area (Å²) >= 11 is 0. The van der Waals surface area contributed by atoms with Crippen molar-refractivity contribution >= 4 is 5.91 Å². The zero-order chi connectivity index (χ0) is 15.6. The van der Waals surface area contributed by atoms with Crippen molar-refractivity contribution in [1.82, 2.24) is 14.9 Å². The van der Waals surface area contributed by atoms with Crippen LogP contribution in [0.2, 0.25) is 0 Å². The molecule has 1 amide bonds. The van der Waals surface area contributed by atoms with Crippen molar-refractivity contribution in [1.29, 1.82) is 0 Å². The first-order valence-electron chi connectivity index (χ1n) is 8.83. The fourth-order valence-electron chi connectivity index (χ4n) is 4.08. The molecule has 4 nitrogen and oxygen atoms in total. The number of nitrogens with zero attached hydrogens (tertiary/aromatic N) is 2. The Morgan fingerprint density at radius 2 is 2.09 bits per heavy atom. The van der Waals surface area contributed by atoms with Crippen LogP contribution in [0.15, 0.2) is 12.5 Å². The van der Waals surface area contributed by atoms with Gasteiger partial charge in [0.2, 0.25) is 5.91 Å². The van der Waals surface area contributed by atoms with E-state index >= 15 is 0 Å². The number of imidazole rings is 1. The Morgan fingerprint density at radius 1 is 1.32 bits per heavy atom. The molecule has 1 aromatic rings. The quantitative estimate of drug-likeness (QED) is 0.928. The minimum absolute atomic E-state index is 0.117. The van der Waals surface area contributed by atoms with Gasteiger partial charge in [0.05, 0.1) is 6.33 Å². The van der Waals surface area contributed by atoms with E-state index in [1.807, 2.05) is 12.5 Å². The maximum absolute atomic E-state index is 12.5. The fourth-order valence-corrected chi connectivity index (χ4v) is 4.08. The van der Waals surface area contributed by atoms with E-state index in [0.717, 1.165) is 31.8 Å². The van der Waals surface area contributed by atoms with Gasteiger partial charge in [0, 0.05) is 37.3 Å². The predicted octanol–water partition coefficient (Wildman–Crippen LogP) is 3.17. The number of rotatable bonds is 4. The smallest absolute Gasteiger partial charge is 0.223 e. The predicted molar refractivity (Wildman–Crippen MR) is 87.4 cm³/mol. The first-order chi connectivity index (χ1) is 10.6. The molecule has 4 heteroatoms. The van der Waals surface area contributed by atoms with Gasteiger partial charge in [-0.2, -0.15) is 0 Å². The van der Waals surface area contributed by atoms with Gasteiger partial charge in [0.25, 0.3) is 0 Å². The molecule has 1 fully saturated rings. The van der Waals surface area contributed by atoms with Crippen molar-refractivity contribution in [3.63, 3.8) is 0 Å². The highest BCUT2D eigenvalue weighted by molar-refractivity contribution is 5.79. The van der Waals surface area contributed by atoms with Crippen LogP contribution in [0.5, 0.6) is 0 Å². The van der Waals surface area contributed by atoms with Crippen molar-refractivity contribution in [3.05, 3.63) is 18.2 Å². The third-order valence-corrected chi connectivity index (χ3v) is 5.77. The molecule has 0 saturated heterocycles. The van der Waals surface area contributed by atoms with Gasteiger partial charge in [-0.05, 0) is 30.6 Å². The van der Waals surface area contributed by atoms with Crippen LogP contribution in [0.3, 0.4) is 0 Å². The molecule has 2 heterocycles. The Labute approximate surface area is 133 Å². The number of fused-ring (bicyclic) bond motifs is 1. The summed E-state index contributed by atoms with van der Waals surface area (Å²) in [5, 5.41) is 3.24. The molecule has 0 spiro atoms. The van der Waals surface area contributed by atoms with Gasteiger partial charge in [0.15, 0.2) is 0 Å². The van der Waals surface area contributed by atoms with E-state index in [-0.39, 0.29) is 17.2 Å². The fraction of sp³-hybridized carbons (Fsp3) is 0.778. The number of aromatic nitrogens is 2. The Morgan fingerprint density at radius 3 is 2.86 bits per heavy atom. The molecule has 1 aromatic heterocycles. The monoisotopic (exact) mass is 303 g/mol. The molecular formula is C18H29N3O. The summed E-state index contributed by atoms with van der Waals surface area (Å²) in [5.41, 5.74) is 1.41. The highest BCUT2D eigenvalue weighted by Crippen LogP contribution is 2.37. The number of amides is 1. The minimum Gasteiger partial charge on any atom is -0.355 e. The summed E-state index contributed by atoms with van der Waals surface area (Å²) in [6, 6.07) is 0. The van der Waals surface area contributed by atoms with Gasteiger partial charge in [-0.1, -0.05) is 33.1 Å². The normalized spacial score (nSPS) is 23.1. The molecule has 2 aliphatic rings. The van der Waals surface area contributed by atoms with Gasteiger partial charge in [-0.25, -0.2) is 4.98 Å². The van der Waals surface area contributed by atoms with E-state index in [0.29, 0.717) is 0 Å². The molecule has 0 bridgehead atoms. The first kappa shape index (κ1) is 15.6. The lowest BCUT2D eigenvalue weighted by Gasteiger charge is -2.37. The number of nitrogens with one attached hydrogen (secondary N) is 1. The largest absolute Gasteiger partial charge is 0.355 e. The lowest BCUT2D eigenvalue weighted by atomic mass is 9.71. The summed E-state index contributed by atoms with van der Waals surface area (Å²) in [7, 11) is 0. The standard InChI is InChI=1S/C18H29N3O/c1-18(2,15-6-4-3-5-7-15)12-20-17(22)14-8-9-21-13-19-11-16(21)10-14/h11,13-15H,3-10,12H2,1-2H3,(H,20,22)/t14-/m1/s1. The molecule has 1 aliphatic heterocycles. The van der Waals surface area contributed by atoms with Gasteiger partial charge in [0.1, 0.15) is 0 Å². The number of hydrogen-bond donors (Lipinski definition) is 1. The zero-order valence-electron chi connectivity index (χ0n) is 14.0. The van der Waals surface area contributed by atoms with E-state index in [4.69, 9.17) is 0 Å². The lowest BCUT2D eigenvalue weighted by Crippen LogP contribution is -2.43. The zero-order valence-corrected chi connectivity index (χ0v) is 14.0. The van der Waals surface area contributed by atoms with Crippen LogP contribution >= 0.6 is 0 Å². The molecule has 0 radical (unpaired) electrons. The summed E-state index contributed by atoms with van der Waals surface area (Å²) in [6.07, 6.45) is 12.3. The van der Waals surface area contributed by atoms with Crippen LogP contribution in [0, 0.1) is 17.3 Å². The summed E-state index contributed by atoms with van der Waals surface area (Å²) < 4.78 is 2.16. The van der Waals surface area contributed by atoms with E-state index in [1.54, 1.807) is 0 Å². The molecule has 122 valence electrons. The second-order valence-corrected chi connectivity index (χ2v) is 7.81. The summed E-state index contributed by atoms with van der Waals surface area (Å²) in [5.74, 6) is 1.11. The van der Waals surface area contributed by atoms with Crippen LogP contribution in [0.1, 0.15) is 58.1 Å². The van der Waals surface area contributed by atoms with Crippen LogP contribution in [0.25, 0.3) is 0 Å². The lowest BCUT2D eigenvalue weighted by molar-refractivity contribution is -0.126. The topological polar surface area (TPSA) is 46.9 Å². The summed E-state index contributed by atoms with van der Waals surface area (Å²) in [4.78, 5) is 16.7. The number of carbonyl (C=O) groups excluding carboxylic acids is 1. The van der Waals surface area contributed by atoms with Gasteiger partial charge >= 0.3 is 0 Å². The van der Waals surface area contributed by atoms with Crippen LogP contribution in [-0.2, 0) is 17.8 Å². The van der Waals surface area contributed by atoms with E-state index in [1.165, 1.54) is 37.8 Å². The van der Waals surface area contributed by atoms with Crippen molar-refractivity contribution in [2.75, 3.05) is 6.54 Å². The molecule has 1 aliphatic carbocycles. The van der Waals surface area contributed by atoms with E-state index in [2.05, 4.69) is 28.7 Å². The average molecular weight is 303 g/mol. The Kier molecular flexibility index (Phi) is 4.55. The number of hydrogen-bond acceptors (Lipinski definition) is 2. The van der Waals surface area contributed by atoms with E-state index in [9.17, 15) is 4.79 Å². The van der Waals surface area contributed by atoms with Crippen molar-refractivity contribution < 1.29 is 4.79 Å². The Balaban J connectivity index is 1.52. The van der Waals surface area contributed by atoms with Gasteiger partial charge < -0.3 is 9.88 Å². The van der Waals surface area contributed by atoms with Crippen molar-refractivity contribution in [2.24, 2.45) is 17.3 Å². The minimum atomic E-state index is 0.117. The van der Waals surface area contributed by atoms with Gasteiger partial charge in [-0.15, -0.1) is 0 Å². The van der Waals surface area contributed by atoms with Crippen molar-refractivity contribution in [3.8, 4) is 0 Å². The third kappa shape index (κ3) is 3.36. The molecule has 1 atom stereocenters.